The van der Waals surface area contributed by atoms with Gasteiger partial charge in [-0.15, -0.1) is 0 Å². The minimum Gasteiger partial charge on any atom is -0.381 e. The molecule has 0 unspecified atom stereocenters. The molecule has 1 fully saturated rings. The number of aryl methyl sites for hydroxylation is 1. The zero-order valence-electron chi connectivity index (χ0n) is 11.6. The molecule has 1 aromatic rings. The third-order valence-electron chi connectivity index (χ3n) is 4.07. The van der Waals surface area contributed by atoms with E-state index in [1.54, 1.807) is 6.92 Å². The van der Waals surface area contributed by atoms with Gasteiger partial charge in [-0.25, -0.2) is 4.98 Å². The summed E-state index contributed by atoms with van der Waals surface area (Å²) >= 11 is 0. The van der Waals surface area contributed by atoms with Crippen LogP contribution in [-0.4, -0.2) is 40.5 Å². The van der Waals surface area contributed by atoms with Gasteiger partial charge in [0, 0.05) is 31.2 Å². The van der Waals surface area contributed by atoms with Crippen LogP contribution < -0.4 is 5.56 Å². The standard InChI is InChI=1S/C14H19N3O3/c1-9-15-12-8-17(5-2-11(12)13(18)16-9)14(19)10-3-6-20-7-4-10/h10H,2-8H2,1H3,(H,15,16,18). The largest absolute Gasteiger partial charge is 0.381 e. The van der Waals surface area contributed by atoms with Gasteiger partial charge in [0.1, 0.15) is 5.82 Å². The second kappa shape index (κ2) is 5.36. The number of aromatic nitrogens is 2. The maximum absolute atomic E-state index is 12.5. The monoisotopic (exact) mass is 277 g/mol. The minimum absolute atomic E-state index is 0.0633. The molecule has 108 valence electrons. The molecule has 0 aliphatic carbocycles. The zero-order chi connectivity index (χ0) is 14.1. The maximum atomic E-state index is 12.5. The average Bonchev–Trinajstić information content (AvgIpc) is 2.46. The Bertz CT molecular complexity index is 576. The van der Waals surface area contributed by atoms with Crippen molar-refractivity contribution in [1.82, 2.24) is 14.9 Å². The smallest absolute Gasteiger partial charge is 0.254 e. The number of ether oxygens (including phenoxy) is 1. The van der Waals surface area contributed by atoms with Gasteiger partial charge < -0.3 is 14.6 Å². The van der Waals surface area contributed by atoms with Gasteiger partial charge in [-0.05, 0) is 26.2 Å². The number of rotatable bonds is 1. The van der Waals surface area contributed by atoms with Crippen LogP contribution in [-0.2, 0) is 22.5 Å². The Balaban J connectivity index is 1.78. The number of nitrogens with one attached hydrogen (secondary N) is 1. The molecule has 0 bridgehead atoms. The second-order valence-electron chi connectivity index (χ2n) is 5.47. The van der Waals surface area contributed by atoms with Gasteiger partial charge in [0.25, 0.3) is 5.56 Å². The molecule has 0 aromatic carbocycles. The summed E-state index contributed by atoms with van der Waals surface area (Å²) in [6.07, 6.45) is 2.18. The summed E-state index contributed by atoms with van der Waals surface area (Å²) in [5.41, 5.74) is 1.41. The number of fused-ring (bicyclic) bond motifs is 1. The van der Waals surface area contributed by atoms with Crippen molar-refractivity contribution in [3.05, 3.63) is 27.4 Å². The molecule has 1 N–H and O–H groups in total. The van der Waals surface area contributed by atoms with Crippen molar-refractivity contribution in [2.75, 3.05) is 19.8 Å². The Morgan fingerprint density at radius 2 is 2.15 bits per heavy atom. The van der Waals surface area contributed by atoms with Crippen molar-refractivity contribution < 1.29 is 9.53 Å². The zero-order valence-corrected chi connectivity index (χ0v) is 11.6. The van der Waals surface area contributed by atoms with E-state index >= 15 is 0 Å². The number of nitrogens with zero attached hydrogens (tertiary/aromatic N) is 2. The van der Waals surface area contributed by atoms with E-state index in [1.165, 1.54) is 0 Å². The molecule has 0 spiro atoms. The van der Waals surface area contributed by atoms with Crippen LogP contribution in [0.25, 0.3) is 0 Å². The summed E-state index contributed by atoms with van der Waals surface area (Å²) in [4.78, 5) is 33.3. The summed E-state index contributed by atoms with van der Waals surface area (Å²) in [6.45, 7) is 4.16. The first-order chi connectivity index (χ1) is 9.65. The summed E-state index contributed by atoms with van der Waals surface area (Å²) in [7, 11) is 0. The first-order valence-electron chi connectivity index (χ1n) is 7.10. The van der Waals surface area contributed by atoms with Crippen molar-refractivity contribution >= 4 is 5.91 Å². The first kappa shape index (κ1) is 13.3. The van der Waals surface area contributed by atoms with E-state index in [2.05, 4.69) is 9.97 Å². The quantitative estimate of drug-likeness (QED) is 0.805. The van der Waals surface area contributed by atoms with Gasteiger partial charge in [0.15, 0.2) is 0 Å². The SMILES string of the molecule is Cc1nc2c(c(=O)[nH]1)CCN(C(=O)C1CCOCC1)C2. The lowest BCUT2D eigenvalue weighted by molar-refractivity contribution is -0.139. The first-order valence-corrected chi connectivity index (χ1v) is 7.10. The predicted molar refractivity (Wildman–Crippen MR) is 72.3 cm³/mol. The topological polar surface area (TPSA) is 75.3 Å². The van der Waals surface area contributed by atoms with Gasteiger partial charge in [0.05, 0.1) is 12.2 Å². The van der Waals surface area contributed by atoms with Crippen LogP contribution in [0.1, 0.15) is 29.9 Å². The van der Waals surface area contributed by atoms with Crippen molar-refractivity contribution in [1.29, 1.82) is 0 Å². The predicted octanol–water partition coefficient (Wildman–Crippen LogP) is 0.390. The number of aromatic amines is 1. The molecular formula is C14H19N3O3. The third-order valence-corrected chi connectivity index (χ3v) is 4.07. The molecule has 2 aliphatic heterocycles. The molecule has 3 rings (SSSR count). The Morgan fingerprint density at radius 3 is 2.90 bits per heavy atom. The third kappa shape index (κ3) is 2.47. The van der Waals surface area contributed by atoms with E-state index in [9.17, 15) is 9.59 Å². The second-order valence-corrected chi connectivity index (χ2v) is 5.47. The van der Waals surface area contributed by atoms with Gasteiger partial charge in [-0.1, -0.05) is 0 Å². The average molecular weight is 277 g/mol. The van der Waals surface area contributed by atoms with E-state index < -0.39 is 0 Å². The Labute approximate surface area is 117 Å². The van der Waals surface area contributed by atoms with E-state index in [-0.39, 0.29) is 17.4 Å². The van der Waals surface area contributed by atoms with Crippen molar-refractivity contribution in [2.45, 2.75) is 32.7 Å². The van der Waals surface area contributed by atoms with Gasteiger partial charge in [0.2, 0.25) is 5.91 Å². The lowest BCUT2D eigenvalue weighted by Crippen LogP contribution is -2.43. The summed E-state index contributed by atoms with van der Waals surface area (Å²) in [5.74, 6) is 0.848. The highest BCUT2D eigenvalue weighted by atomic mass is 16.5. The molecule has 1 amide bonds. The maximum Gasteiger partial charge on any atom is 0.254 e. The molecule has 20 heavy (non-hydrogen) atoms. The summed E-state index contributed by atoms with van der Waals surface area (Å²) in [5, 5.41) is 0. The molecule has 6 nitrogen and oxygen atoms in total. The van der Waals surface area contributed by atoms with E-state index in [1.807, 2.05) is 4.90 Å². The number of carbonyl (C=O) groups excluding carboxylic acids is 1. The fourth-order valence-electron chi connectivity index (χ4n) is 2.95. The van der Waals surface area contributed by atoms with E-state index in [0.29, 0.717) is 38.5 Å². The molecule has 0 atom stereocenters. The van der Waals surface area contributed by atoms with Crippen LogP contribution in [0.5, 0.6) is 0 Å². The Kier molecular flexibility index (Phi) is 3.56. The van der Waals surface area contributed by atoms with Crippen LogP contribution in [0.15, 0.2) is 4.79 Å². The Morgan fingerprint density at radius 1 is 1.40 bits per heavy atom. The normalized spacial score (nSPS) is 19.8. The molecule has 2 aliphatic rings. The van der Waals surface area contributed by atoms with E-state index in [0.717, 1.165) is 24.1 Å². The van der Waals surface area contributed by atoms with Crippen molar-refractivity contribution in [3.8, 4) is 0 Å². The number of hydrogen-bond acceptors (Lipinski definition) is 4. The highest BCUT2D eigenvalue weighted by molar-refractivity contribution is 5.79. The molecule has 0 radical (unpaired) electrons. The van der Waals surface area contributed by atoms with E-state index in [4.69, 9.17) is 4.74 Å². The summed E-state index contributed by atoms with van der Waals surface area (Å²) in [6, 6.07) is 0. The Hall–Kier alpha value is -1.69. The summed E-state index contributed by atoms with van der Waals surface area (Å²) < 4.78 is 5.30. The molecule has 6 heteroatoms. The molecule has 1 saturated heterocycles. The van der Waals surface area contributed by atoms with Gasteiger partial charge in [-0.2, -0.15) is 0 Å². The number of amides is 1. The van der Waals surface area contributed by atoms with Crippen LogP contribution in [0.2, 0.25) is 0 Å². The van der Waals surface area contributed by atoms with Gasteiger partial charge >= 0.3 is 0 Å². The lowest BCUT2D eigenvalue weighted by atomic mass is 9.97. The lowest BCUT2D eigenvalue weighted by Gasteiger charge is -2.32. The molecular weight excluding hydrogens is 258 g/mol. The van der Waals surface area contributed by atoms with Crippen molar-refractivity contribution in [2.24, 2.45) is 5.92 Å². The van der Waals surface area contributed by atoms with Crippen LogP contribution in [0, 0.1) is 12.8 Å². The fraction of sp³-hybridized carbons (Fsp3) is 0.643. The van der Waals surface area contributed by atoms with Gasteiger partial charge in [-0.3, -0.25) is 9.59 Å². The molecule has 3 heterocycles. The van der Waals surface area contributed by atoms with Crippen LogP contribution in [0.3, 0.4) is 0 Å². The van der Waals surface area contributed by atoms with Crippen molar-refractivity contribution in [3.63, 3.8) is 0 Å². The number of carbonyl (C=O) groups is 1. The number of H-pyrrole nitrogens is 1. The number of hydrogen-bond donors (Lipinski definition) is 1. The molecule has 1 aromatic heterocycles. The highest BCUT2D eigenvalue weighted by Crippen LogP contribution is 2.21. The van der Waals surface area contributed by atoms with Crippen LogP contribution in [0.4, 0.5) is 0 Å². The minimum atomic E-state index is -0.0642. The molecule has 0 saturated carbocycles. The van der Waals surface area contributed by atoms with Crippen LogP contribution >= 0.6 is 0 Å². The fourth-order valence-corrected chi connectivity index (χ4v) is 2.95. The highest BCUT2D eigenvalue weighted by Gasteiger charge is 2.30.